The van der Waals surface area contributed by atoms with Gasteiger partial charge in [-0.3, -0.25) is 0 Å². The van der Waals surface area contributed by atoms with Crippen molar-refractivity contribution in [2.75, 3.05) is 20.2 Å². The first-order valence-corrected chi connectivity index (χ1v) is 6.10. The molecule has 1 N–H and O–H groups in total. The van der Waals surface area contributed by atoms with Crippen molar-refractivity contribution in [2.24, 2.45) is 5.92 Å². The minimum atomic E-state index is -0.424. The highest BCUT2D eigenvalue weighted by Gasteiger charge is 2.29. The number of rotatable bonds is 2. The van der Waals surface area contributed by atoms with Crippen molar-refractivity contribution in [1.82, 2.24) is 4.90 Å². The summed E-state index contributed by atoms with van der Waals surface area (Å²) in [5, 5.41) is 9.95. The van der Waals surface area contributed by atoms with E-state index in [4.69, 9.17) is 4.74 Å². The van der Waals surface area contributed by atoms with E-state index in [-0.39, 0.29) is 11.7 Å². The van der Waals surface area contributed by atoms with Crippen molar-refractivity contribution in [2.45, 2.75) is 26.2 Å². The Morgan fingerprint density at radius 3 is 2.65 bits per heavy atom. The number of carbonyl (C=O) groups is 1. The average molecular weight is 237 g/mol. The Kier molecular flexibility index (Phi) is 3.41. The fourth-order valence-corrected chi connectivity index (χ4v) is 2.60. The van der Waals surface area contributed by atoms with Gasteiger partial charge in [-0.15, -0.1) is 0 Å². The van der Waals surface area contributed by atoms with Crippen LogP contribution in [0.5, 0.6) is 0 Å². The maximum atomic E-state index is 11.5. The molecule has 0 amide bonds. The highest BCUT2D eigenvalue weighted by atomic mass is 16.5. The van der Waals surface area contributed by atoms with Crippen LogP contribution < -0.4 is 0 Å². The standard InChI is InChI=1S/C13H19NO3/c1-9-7-10(14-5-3-4-6-14)8-11(15)12(9)13(16)17-2/h8-9,15H,3-7H2,1-2H3. The number of carbonyl (C=O) groups excluding carboxylic acids is 1. The second-order valence-electron chi connectivity index (χ2n) is 4.73. The lowest BCUT2D eigenvalue weighted by Gasteiger charge is -2.28. The van der Waals surface area contributed by atoms with E-state index in [0.717, 1.165) is 25.2 Å². The number of methoxy groups -OCH3 is 1. The molecule has 2 aliphatic rings. The minimum Gasteiger partial charge on any atom is -0.507 e. The smallest absolute Gasteiger partial charge is 0.337 e. The molecular formula is C13H19NO3. The molecule has 0 aromatic heterocycles. The Bertz CT molecular complexity index is 378. The van der Waals surface area contributed by atoms with Gasteiger partial charge in [0, 0.05) is 18.8 Å². The molecule has 1 atom stereocenters. The molecule has 0 aromatic rings. The van der Waals surface area contributed by atoms with Crippen LogP contribution in [0.3, 0.4) is 0 Å². The van der Waals surface area contributed by atoms with Crippen molar-refractivity contribution >= 4 is 5.97 Å². The van der Waals surface area contributed by atoms with Crippen molar-refractivity contribution in [3.8, 4) is 0 Å². The summed E-state index contributed by atoms with van der Waals surface area (Å²) in [6, 6.07) is 0. The van der Waals surface area contributed by atoms with Crippen molar-refractivity contribution < 1.29 is 14.6 Å². The quantitative estimate of drug-likeness (QED) is 0.746. The van der Waals surface area contributed by atoms with Crippen LogP contribution in [0.15, 0.2) is 23.1 Å². The van der Waals surface area contributed by atoms with Crippen LogP contribution in [-0.4, -0.2) is 36.2 Å². The molecule has 94 valence electrons. The Labute approximate surface area is 102 Å². The molecular weight excluding hydrogens is 218 g/mol. The van der Waals surface area contributed by atoms with E-state index in [2.05, 4.69) is 4.90 Å². The molecule has 0 aromatic carbocycles. The van der Waals surface area contributed by atoms with E-state index < -0.39 is 5.97 Å². The van der Waals surface area contributed by atoms with E-state index in [0.29, 0.717) is 5.57 Å². The van der Waals surface area contributed by atoms with Gasteiger partial charge in [-0.25, -0.2) is 4.79 Å². The number of likely N-dealkylation sites (tertiary alicyclic amines) is 1. The first kappa shape index (κ1) is 12.0. The largest absolute Gasteiger partial charge is 0.507 e. The van der Waals surface area contributed by atoms with Gasteiger partial charge in [0.1, 0.15) is 5.76 Å². The van der Waals surface area contributed by atoms with Crippen molar-refractivity contribution in [1.29, 1.82) is 0 Å². The number of aliphatic hydroxyl groups excluding tert-OH is 1. The van der Waals surface area contributed by atoms with Crippen LogP contribution in [-0.2, 0) is 9.53 Å². The zero-order valence-electron chi connectivity index (χ0n) is 10.4. The zero-order valence-corrected chi connectivity index (χ0v) is 10.4. The summed E-state index contributed by atoms with van der Waals surface area (Å²) in [7, 11) is 1.34. The minimum absolute atomic E-state index is 0.0167. The summed E-state index contributed by atoms with van der Waals surface area (Å²) in [5.41, 5.74) is 1.54. The lowest BCUT2D eigenvalue weighted by atomic mass is 9.89. The maximum absolute atomic E-state index is 11.5. The predicted molar refractivity (Wildman–Crippen MR) is 64.3 cm³/mol. The fraction of sp³-hybridized carbons (Fsp3) is 0.615. The maximum Gasteiger partial charge on any atom is 0.337 e. The number of ether oxygens (including phenoxy) is 1. The van der Waals surface area contributed by atoms with E-state index >= 15 is 0 Å². The first-order chi connectivity index (χ1) is 8.13. The topological polar surface area (TPSA) is 49.8 Å². The van der Waals surface area contributed by atoms with E-state index in [1.54, 1.807) is 6.08 Å². The molecule has 0 saturated carbocycles. The zero-order chi connectivity index (χ0) is 12.4. The molecule has 4 nitrogen and oxygen atoms in total. The summed E-state index contributed by atoms with van der Waals surface area (Å²) in [5.74, 6) is -0.340. The lowest BCUT2D eigenvalue weighted by molar-refractivity contribution is -0.136. The van der Waals surface area contributed by atoms with Crippen LogP contribution in [0.25, 0.3) is 0 Å². The summed E-state index contributed by atoms with van der Waals surface area (Å²) in [6.45, 7) is 4.06. The van der Waals surface area contributed by atoms with E-state index in [1.165, 1.54) is 20.0 Å². The number of allylic oxidation sites excluding steroid dienone is 2. The molecule has 1 unspecified atom stereocenters. The molecule has 1 fully saturated rings. The summed E-state index contributed by atoms with van der Waals surface area (Å²) in [4.78, 5) is 13.8. The second kappa shape index (κ2) is 4.82. The Hall–Kier alpha value is -1.45. The molecule has 2 rings (SSSR count). The third-order valence-electron chi connectivity index (χ3n) is 3.50. The third-order valence-corrected chi connectivity index (χ3v) is 3.50. The van der Waals surface area contributed by atoms with E-state index in [9.17, 15) is 9.90 Å². The van der Waals surface area contributed by atoms with Crippen molar-refractivity contribution in [3.63, 3.8) is 0 Å². The third kappa shape index (κ3) is 2.30. The van der Waals surface area contributed by atoms with Crippen LogP contribution >= 0.6 is 0 Å². The van der Waals surface area contributed by atoms with Gasteiger partial charge in [-0.2, -0.15) is 0 Å². The van der Waals surface area contributed by atoms with E-state index in [1.807, 2.05) is 6.92 Å². The summed E-state index contributed by atoms with van der Waals surface area (Å²) in [6.07, 6.45) is 4.94. The highest BCUT2D eigenvalue weighted by molar-refractivity contribution is 5.90. The molecule has 1 saturated heterocycles. The molecule has 1 aliphatic carbocycles. The van der Waals surface area contributed by atoms with Gasteiger partial charge in [0.05, 0.1) is 12.7 Å². The fourth-order valence-electron chi connectivity index (χ4n) is 2.60. The van der Waals surface area contributed by atoms with Gasteiger partial charge in [0.25, 0.3) is 0 Å². The van der Waals surface area contributed by atoms with Crippen LogP contribution in [0.4, 0.5) is 0 Å². The van der Waals surface area contributed by atoms with Gasteiger partial charge in [-0.05, 0) is 31.3 Å². The van der Waals surface area contributed by atoms with Crippen LogP contribution in [0.2, 0.25) is 0 Å². The number of aliphatic hydroxyl groups is 1. The van der Waals surface area contributed by atoms with Gasteiger partial charge < -0.3 is 14.7 Å². The molecule has 4 heteroatoms. The molecule has 0 spiro atoms. The Morgan fingerprint density at radius 2 is 2.12 bits per heavy atom. The molecule has 17 heavy (non-hydrogen) atoms. The van der Waals surface area contributed by atoms with Crippen molar-refractivity contribution in [3.05, 3.63) is 23.1 Å². The first-order valence-electron chi connectivity index (χ1n) is 6.10. The Morgan fingerprint density at radius 1 is 1.47 bits per heavy atom. The number of nitrogens with zero attached hydrogens (tertiary/aromatic N) is 1. The van der Waals surface area contributed by atoms with Crippen LogP contribution in [0.1, 0.15) is 26.2 Å². The van der Waals surface area contributed by atoms with Gasteiger partial charge in [0.2, 0.25) is 0 Å². The molecule has 0 radical (unpaired) electrons. The number of hydrogen-bond donors (Lipinski definition) is 1. The lowest BCUT2D eigenvalue weighted by Crippen LogP contribution is -2.26. The summed E-state index contributed by atoms with van der Waals surface area (Å²) < 4.78 is 4.69. The molecule has 0 bridgehead atoms. The van der Waals surface area contributed by atoms with Crippen LogP contribution in [0, 0.1) is 5.92 Å². The summed E-state index contributed by atoms with van der Waals surface area (Å²) >= 11 is 0. The van der Waals surface area contributed by atoms with Gasteiger partial charge in [0.15, 0.2) is 0 Å². The Balaban J connectivity index is 2.24. The second-order valence-corrected chi connectivity index (χ2v) is 4.73. The van der Waals surface area contributed by atoms with Gasteiger partial charge in [-0.1, -0.05) is 6.92 Å². The molecule has 1 aliphatic heterocycles. The normalized spacial score (nSPS) is 24.9. The van der Waals surface area contributed by atoms with Gasteiger partial charge >= 0.3 is 5.97 Å². The number of esters is 1. The molecule has 1 heterocycles. The predicted octanol–water partition coefficient (Wildman–Crippen LogP) is 1.99. The monoisotopic (exact) mass is 237 g/mol. The SMILES string of the molecule is COC(=O)C1=C(O)C=C(N2CCCC2)CC1C. The number of hydrogen-bond acceptors (Lipinski definition) is 4. The average Bonchev–Trinajstić information content (AvgIpc) is 2.81. The highest BCUT2D eigenvalue weighted by Crippen LogP contribution is 2.32.